The van der Waals surface area contributed by atoms with Crippen molar-refractivity contribution < 1.29 is 4.74 Å². The molecule has 2 heteroatoms. The van der Waals surface area contributed by atoms with Crippen molar-refractivity contribution in [3.05, 3.63) is 82.4 Å². The molecule has 0 aliphatic carbocycles. The molecule has 0 aliphatic rings. The molecule has 0 saturated heterocycles. The SMILES string of the molecule is C=Cc1ccc(-c2ccc(-c3ccc(OC)cc3)c(I)c2)cc1. The molecule has 0 aromatic heterocycles. The van der Waals surface area contributed by atoms with Crippen molar-refractivity contribution in [2.45, 2.75) is 0 Å². The summed E-state index contributed by atoms with van der Waals surface area (Å²) >= 11 is 2.40. The summed E-state index contributed by atoms with van der Waals surface area (Å²) in [7, 11) is 1.69. The zero-order valence-electron chi connectivity index (χ0n) is 12.9. The third-order valence-electron chi connectivity index (χ3n) is 3.85. The molecule has 0 saturated carbocycles. The molecule has 0 atom stereocenters. The lowest BCUT2D eigenvalue weighted by atomic mass is 9.99. The third kappa shape index (κ3) is 3.48. The number of halogens is 1. The summed E-state index contributed by atoms with van der Waals surface area (Å²) in [6.07, 6.45) is 1.86. The Kier molecular flexibility index (Phi) is 4.82. The number of ether oxygens (including phenoxy) is 1. The van der Waals surface area contributed by atoms with Crippen LogP contribution >= 0.6 is 22.6 Å². The molecule has 0 aliphatic heterocycles. The predicted octanol–water partition coefficient (Wildman–Crippen LogP) is 6.28. The molecular weight excluding hydrogens is 395 g/mol. The minimum atomic E-state index is 0.877. The first kappa shape index (κ1) is 15.8. The van der Waals surface area contributed by atoms with Gasteiger partial charge in [0.05, 0.1) is 7.11 Å². The first-order valence-corrected chi connectivity index (χ1v) is 8.46. The number of hydrogen-bond acceptors (Lipinski definition) is 1. The van der Waals surface area contributed by atoms with Crippen molar-refractivity contribution in [3.8, 4) is 28.0 Å². The molecule has 3 aromatic carbocycles. The zero-order valence-corrected chi connectivity index (χ0v) is 15.1. The summed E-state index contributed by atoms with van der Waals surface area (Å²) in [5, 5.41) is 0. The summed E-state index contributed by atoms with van der Waals surface area (Å²) in [4.78, 5) is 0. The average Bonchev–Trinajstić information content (AvgIpc) is 2.62. The van der Waals surface area contributed by atoms with Gasteiger partial charge in [-0.1, -0.05) is 61.2 Å². The van der Waals surface area contributed by atoms with E-state index in [1.807, 2.05) is 18.2 Å². The van der Waals surface area contributed by atoms with Gasteiger partial charge in [-0.15, -0.1) is 0 Å². The van der Waals surface area contributed by atoms with Gasteiger partial charge in [-0.05, 0) is 68.6 Å². The molecule has 0 amide bonds. The lowest BCUT2D eigenvalue weighted by molar-refractivity contribution is 0.415. The molecular formula is C21H17IO. The Hall–Kier alpha value is -2.07. The molecule has 0 bridgehead atoms. The van der Waals surface area contributed by atoms with Crippen LogP contribution in [0, 0.1) is 3.57 Å². The van der Waals surface area contributed by atoms with Crippen LogP contribution in [0.2, 0.25) is 0 Å². The highest BCUT2D eigenvalue weighted by Crippen LogP contribution is 2.31. The molecule has 1 nitrogen and oxygen atoms in total. The third-order valence-corrected chi connectivity index (χ3v) is 4.74. The molecule has 3 rings (SSSR count). The van der Waals surface area contributed by atoms with Crippen LogP contribution in [0.4, 0.5) is 0 Å². The standard InChI is InChI=1S/C21H17IO/c1-3-15-4-6-16(7-5-15)18-10-13-20(21(22)14-18)17-8-11-19(23-2)12-9-17/h3-14H,1H2,2H3. The smallest absolute Gasteiger partial charge is 0.118 e. The van der Waals surface area contributed by atoms with Gasteiger partial charge in [-0.25, -0.2) is 0 Å². The summed E-state index contributed by atoms with van der Waals surface area (Å²) in [5.41, 5.74) is 6.01. The van der Waals surface area contributed by atoms with Crippen LogP contribution < -0.4 is 4.74 Å². The van der Waals surface area contributed by atoms with E-state index in [0.717, 1.165) is 11.3 Å². The number of benzene rings is 3. The van der Waals surface area contributed by atoms with Gasteiger partial charge in [0.1, 0.15) is 5.75 Å². The molecule has 114 valence electrons. The minimum Gasteiger partial charge on any atom is -0.497 e. The second-order valence-electron chi connectivity index (χ2n) is 5.25. The maximum absolute atomic E-state index is 5.22. The second-order valence-corrected chi connectivity index (χ2v) is 6.41. The zero-order chi connectivity index (χ0) is 16.2. The molecule has 23 heavy (non-hydrogen) atoms. The van der Waals surface area contributed by atoms with Crippen molar-refractivity contribution >= 4 is 28.7 Å². The fourth-order valence-corrected chi connectivity index (χ4v) is 3.34. The maximum atomic E-state index is 5.22. The van der Waals surface area contributed by atoms with E-state index < -0.39 is 0 Å². The Labute approximate surface area is 150 Å². The van der Waals surface area contributed by atoms with Gasteiger partial charge in [-0.3, -0.25) is 0 Å². The van der Waals surface area contributed by atoms with Gasteiger partial charge in [-0.2, -0.15) is 0 Å². The van der Waals surface area contributed by atoms with E-state index in [2.05, 4.69) is 83.8 Å². The summed E-state index contributed by atoms with van der Waals surface area (Å²) in [6, 6.07) is 23.2. The highest BCUT2D eigenvalue weighted by molar-refractivity contribution is 14.1. The molecule has 0 fully saturated rings. The van der Waals surface area contributed by atoms with Crippen LogP contribution in [0.15, 0.2) is 73.3 Å². The van der Waals surface area contributed by atoms with Gasteiger partial charge >= 0.3 is 0 Å². The highest BCUT2D eigenvalue weighted by Gasteiger charge is 2.06. The van der Waals surface area contributed by atoms with Crippen molar-refractivity contribution in [1.29, 1.82) is 0 Å². The van der Waals surface area contributed by atoms with Crippen LogP contribution in [-0.4, -0.2) is 7.11 Å². The quantitative estimate of drug-likeness (QED) is 0.459. The first-order chi connectivity index (χ1) is 11.2. The van der Waals surface area contributed by atoms with Crippen molar-refractivity contribution in [3.63, 3.8) is 0 Å². The number of rotatable bonds is 4. The monoisotopic (exact) mass is 412 g/mol. The fourth-order valence-electron chi connectivity index (χ4n) is 2.51. The second kappa shape index (κ2) is 7.01. The largest absolute Gasteiger partial charge is 0.497 e. The van der Waals surface area contributed by atoms with E-state index in [4.69, 9.17) is 4.74 Å². The van der Waals surface area contributed by atoms with E-state index in [0.29, 0.717) is 0 Å². The van der Waals surface area contributed by atoms with Crippen LogP contribution in [0.25, 0.3) is 28.3 Å². The van der Waals surface area contributed by atoms with Crippen LogP contribution in [0.3, 0.4) is 0 Å². The summed E-state index contributed by atoms with van der Waals surface area (Å²) in [6.45, 7) is 3.79. The average molecular weight is 412 g/mol. The van der Waals surface area contributed by atoms with Crippen molar-refractivity contribution in [2.24, 2.45) is 0 Å². The van der Waals surface area contributed by atoms with Gasteiger partial charge < -0.3 is 4.74 Å². The Bertz CT molecular complexity index is 817. The van der Waals surface area contributed by atoms with Gasteiger partial charge in [0.2, 0.25) is 0 Å². The molecule has 0 radical (unpaired) electrons. The van der Waals surface area contributed by atoms with E-state index in [1.165, 1.54) is 25.8 Å². The summed E-state index contributed by atoms with van der Waals surface area (Å²) in [5.74, 6) is 0.877. The van der Waals surface area contributed by atoms with E-state index in [1.54, 1.807) is 7.11 Å². The van der Waals surface area contributed by atoms with E-state index in [-0.39, 0.29) is 0 Å². The fraction of sp³-hybridized carbons (Fsp3) is 0.0476. The Morgan fingerprint density at radius 1 is 0.826 bits per heavy atom. The molecule has 0 N–H and O–H groups in total. The number of methoxy groups -OCH3 is 1. The van der Waals surface area contributed by atoms with E-state index >= 15 is 0 Å². The Balaban J connectivity index is 1.94. The lowest BCUT2D eigenvalue weighted by Crippen LogP contribution is -1.87. The van der Waals surface area contributed by atoms with Crippen molar-refractivity contribution in [2.75, 3.05) is 7.11 Å². The van der Waals surface area contributed by atoms with E-state index in [9.17, 15) is 0 Å². The van der Waals surface area contributed by atoms with Gasteiger partial charge in [0, 0.05) is 3.57 Å². The van der Waals surface area contributed by atoms with Gasteiger partial charge in [0.25, 0.3) is 0 Å². The molecule has 3 aromatic rings. The normalized spacial score (nSPS) is 10.3. The summed E-state index contributed by atoms with van der Waals surface area (Å²) < 4.78 is 6.46. The predicted molar refractivity (Wildman–Crippen MR) is 107 cm³/mol. The van der Waals surface area contributed by atoms with Gasteiger partial charge in [0.15, 0.2) is 0 Å². The Morgan fingerprint density at radius 3 is 2.00 bits per heavy atom. The van der Waals surface area contributed by atoms with Crippen LogP contribution in [0.5, 0.6) is 5.75 Å². The van der Waals surface area contributed by atoms with Crippen LogP contribution in [0.1, 0.15) is 5.56 Å². The van der Waals surface area contributed by atoms with Crippen LogP contribution in [-0.2, 0) is 0 Å². The lowest BCUT2D eigenvalue weighted by Gasteiger charge is -2.09. The molecule has 0 unspecified atom stereocenters. The first-order valence-electron chi connectivity index (χ1n) is 7.38. The Morgan fingerprint density at radius 2 is 1.43 bits per heavy atom. The molecule has 0 heterocycles. The minimum absolute atomic E-state index is 0.877. The maximum Gasteiger partial charge on any atom is 0.118 e. The molecule has 0 spiro atoms. The topological polar surface area (TPSA) is 9.23 Å². The number of hydrogen-bond donors (Lipinski definition) is 0. The highest BCUT2D eigenvalue weighted by atomic mass is 127. The van der Waals surface area contributed by atoms with Crippen molar-refractivity contribution in [1.82, 2.24) is 0 Å².